The molecule has 1 amide bonds. The van der Waals surface area contributed by atoms with Crippen molar-refractivity contribution in [3.63, 3.8) is 0 Å². The van der Waals surface area contributed by atoms with E-state index in [9.17, 15) is 4.79 Å². The third-order valence-corrected chi connectivity index (χ3v) is 2.52. The Morgan fingerprint density at radius 2 is 2.47 bits per heavy atom. The highest BCUT2D eigenvalue weighted by atomic mass is 16.2. The molecule has 0 saturated heterocycles. The van der Waals surface area contributed by atoms with Crippen LogP contribution in [0.15, 0.2) is 17.8 Å². The van der Waals surface area contributed by atoms with Crippen LogP contribution in [0.1, 0.15) is 23.7 Å². The predicted molar refractivity (Wildman–Crippen MR) is 57.3 cm³/mol. The number of nitrogens with one attached hydrogen (secondary N) is 1. The van der Waals surface area contributed by atoms with Crippen LogP contribution in [0.5, 0.6) is 0 Å². The van der Waals surface area contributed by atoms with Gasteiger partial charge >= 0.3 is 0 Å². The highest BCUT2D eigenvalue weighted by molar-refractivity contribution is 5.98. The molecule has 0 bridgehead atoms. The molecule has 0 fully saturated rings. The number of nitrogens with two attached hydrogens (primary N) is 1. The lowest BCUT2D eigenvalue weighted by Crippen LogP contribution is -2.35. The molecule has 5 nitrogen and oxygen atoms in total. The first-order chi connectivity index (χ1) is 7.18. The molecule has 1 aliphatic rings. The van der Waals surface area contributed by atoms with Gasteiger partial charge in [-0.15, -0.1) is 0 Å². The summed E-state index contributed by atoms with van der Waals surface area (Å²) in [6.45, 7) is 3.46. The number of amides is 1. The molecule has 15 heavy (non-hydrogen) atoms. The minimum Gasteiger partial charge on any atom is -0.383 e. The second kappa shape index (κ2) is 3.76. The maximum atomic E-state index is 12.0. The van der Waals surface area contributed by atoms with Gasteiger partial charge in [0.1, 0.15) is 11.4 Å². The number of carbonyl (C=O) groups excluding carboxylic acids is 1. The zero-order valence-electron chi connectivity index (χ0n) is 8.66. The lowest BCUT2D eigenvalue weighted by Gasteiger charge is -2.25. The molecule has 0 atom stereocenters. The van der Waals surface area contributed by atoms with E-state index in [1.807, 2.05) is 6.92 Å². The van der Waals surface area contributed by atoms with Crippen LogP contribution in [0, 0.1) is 0 Å². The predicted octanol–water partition coefficient (Wildman–Crippen LogP) is 0.784. The molecule has 1 aromatic rings. The van der Waals surface area contributed by atoms with Crippen LogP contribution < -0.4 is 5.73 Å². The number of hydrogen-bond donors (Lipinski definition) is 2. The standard InChI is InChI=1S/C10H14N4O/c1-7-3-2-4-14(6-7)10(15)8-5-12-13-9(8)11/h3,5H,2,4,6H2,1H3,(H3,11,12,13). The van der Waals surface area contributed by atoms with Crippen LogP contribution in [-0.4, -0.2) is 34.1 Å². The average Bonchev–Trinajstić information content (AvgIpc) is 2.63. The molecular formula is C10H14N4O. The molecule has 0 spiro atoms. The van der Waals surface area contributed by atoms with Gasteiger partial charge in [0.15, 0.2) is 0 Å². The molecule has 0 aromatic carbocycles. The maximum Gasteiger partial charge on any atom is 0.259 e. The summed E-state index contributed by atoms with van der Waals surface area (Å²) >= 11 is 0. The Morgan fingerprint density at radius 1 is 1.67 bits per heavy atom. The fourth-order valence-corrected chi connectivity index (χ4v) is 1.72. The molecule has 80 valence electrons. The van der Waals surface area contributed by atoms with Gasteiger partial charge in [0.05, 0.1) is 6.20 Å². The van der Waals surface area contributed by atoms with Crippen LogP contribution >= 0.6 is 0 Å². The summed E-state index contributed by atoms with van der Waals surface area (Å²) in [5.74, 6) is 0.293. The number of aromatic nitrogens is 2. The zero-order valence-corrected chi connectivity index (χ0v) is 8.66. The topological polar surface area (TPSA) is 75.0 Å². The number of H-pyrrole nitrogens is 1. The second-order valence-corrected chi connectivity index (χ2v) is 3.76. The van der Waals surface area contributed by atoms with Crippen LogP contribution in [0.2, 0.25) is 0 Å². The molecule has 1 aliphatic heterocycles. The van der Waals surface area contributed by atoms with Crippen molar-refractivity contribution < 1.29 is 4.79 Å². The van der Waals surface area contributed by atoms with Crippen LogP contribution in [0.3, 0.4) is 0 Å². The normalized spacial score (nSPS) is 16.3. The van der Waals surface area contributed by atoms with Crippen molar-refractivity contribution in [2.45, 2.75) is 13.3 Å². The molecule has 2 heterocycles. The summed E-state index contributed by atoms with van der Waals surface area (Å²) in [6.07, 6.45) is 4.54. The molecule has 5 heteroatoms. The number of anilines is 1. The van der Waals surface area contributed by atoms with Crippen molar-refractivity contribution in [2.24, 2.45) is 0 Å². The average molecular weight is 206 g/mol. The van der Waals surface area contributed by atoms with Gasteiger partial charge in [-0.3, -0.25) is 9.89 Å². The van der Waals surface area contributed by atoms with E-state index in [1.54, 1.807) is 4.90 Å². The minimum atomic E-state index is -0.0475. The van der Waals surface area contributed by atoms with E-state index in [4.69, 9.17) is 5.73 Å². The first-order valence-corrected chi connectivity index (χ1v) is 4.92. The summed E-state index contributed by atoms with van der Waals surface area (Å²) in [4.78, 5) is 13.8. The van der Waals surface area contributed by atoms with Crippen molar-refractivity contribution in [3.8, 4) is 0 Å². The first kappa shape index (κ1) is 9.76. The number of aromatic amines is 1. The Hall–Kier alpha value is -1.78. The quantitative estimate of drug-likeness (QED) is 0.667. The number of nitrogens with zero attached hydrogens (tertiary/aromatic N) is 2. The number of hydrogen-bond acceptors (Lipinski definition) is 3. The fraction of sp³-hybridized carbons (Fsp3) is 0.400. The molecule has 0 saturated carbocycles. The first-order valence-electron chi connectivity index (χ1n) is 4.92. The molecule has 0 unspecified atom stereocenters. The SMILES string of the molecule is CC1=CCCN(C(=O)c2cn[nH]c2N)C1. The summed E-state index contributed by atoms with van der Waals surface area (Å²) < 4.78 is 0. The Bertz CT molecular complexity index is 407. The Morgan fingerprint density at radius 3 is 3.07 bits per heavy atom. The molecule has 0 aliphatic carbocycles. The van der Waals surface area contributed by atoms with E-state index in [-0.39, 0.29) is 5.91 Å². The molecular weight excluding hydrogens is 192 g/mol. The minimum absolute atomic E-state index is 0.0475. The molecule has 1 aromatic heterocycles. The largest absolute Gasteiger partial charge is 0.383 e. The Labute approximate surface area is 87.9 Å². The number of nitrogen functional groups attached to an aromatic ring is 1. The van der Waals surface area contributed by atoms with Gasteiger partial charge in [-0.2, -0.15) is 5.10 Å². The Balaban J connectivity index is 2.16. The van der Waals surface area contributed by atoms with Crippen molar-refractivity contribution in [1.29, 1.82) is 0 Å². The summed E-state index contributed by atoms with van der Waals surface area (Å²) in [5.41, 5.74) is 7.28. The smallest absolute Gasteiger partial charge is 0.259 e. The third-order valence-electron chi connectivity index (χ3n) is 2.52. The van der Waals surface area contributed by atoms with Gasteiger partial charge < -0.3 is 10.6 Å². The van der Waals surface area contributed by atoms with E-state index >= 15 is 0 Å². The van der Waals surface area contributed by atoms with Crippen molar-refractivity contribution >= 4 is 11.7 Å². The highest BCUT2D eigenvalue weighted by Crippen LogP contribution is 2.15. The van der Waals surface area contributed by atoms with Crippen LogP contribution in [0.25, 0.3) is 0 Å². The van der Waals surface area contributed by atoms with Crippen molar-refractivity contribution in [2.75, 3.05) is 18.8 Å². The summed E-state index contributed by atoms with van der Waals surface area (Å²) in [6, 6.07) is 0. The van der Waals surface area contributed by atoms with Gasteiger partial charge in [-0.25, -0.2) is 0 Å². The summed E-state index contributed by atoms with van der Waals surface area (Å²) in [5, 5.41) is 6.31. The molecule has 0 radical (unpaired) electrons. The molecule has 2 rings (SSSR count). The summed E-state index contributed by atoms with van der Waals surface area (Å²) in [7, 11) is 0. The zero-order chi connectivity index (χ0) is 10.8. The monoisotopic (exact) mass is 206 g/mol. The van der Waals surface area contributed by atoms with Crippen LogP contribution in [-0.2, 0) is 0 Å². The van der Waals surface area contributed by atoms with Gasteiger partial charge in [0.2, 0.25) is 0 Å². The fourth-order valence-electron chi connectivity index (χ4n) is 1.72. The lowest BCUT2D eigenvalue weighted by molar-refractivity contribution is 0.0767. The maximum absolute atomic E-state index is 12.0. The van der Waals surface area contributed by atoms with E-state index < -0.39 is 0 Å². The van der Waals surface area contributed by atoms with Gasteiger partial charge in [-0.05, 0) is 13.3 Å². The van der Waals surface area contributed by atoms with E-state index in [0.29, 0.717) is 17.9 Å². The van der Waals surface area contributed by atoms with E-state index in [0.717, 1.165) is 13.0 Å². The van der Waals surface area contributed by atoms with Crippen LogP contribution in [0.4, 0.5) is 5.82 Å². The van der Waals surface area contributed by atoms with Crippen molar-refractivity contribution in [1.82, 2.24) is 15.1 Å². The van der Waals surface area contributed by atoms with Crippen molar-refractivity contribution in [3.05, 3.63) is 23.4 Å². The number of carbonyl (C=O) groups is 1. The van der Waals surface area contributed by atoms with Gasteiger partial charge in [0.25, 0.3) is 5.91 Å². The van der Waals surface area contributed by atoms with Gasteiger partial charge in [-0.1, -0.05) is 11.6 Å². The second-order valence-electron chi connectivity index (χ2n) is 3.76. The molecule has 3 N–H and O–H groups in total. The van der Waals surface area contributed by atoms with E-state index in [1.165, 1.54) is 11.8 Å². The highest BCUT2D eigenvalue weighted by Gasteiger charge is 2.20. The van der Waals surface area contributed by atoms with Gasteiger partial charge in [0, 0.05) is 13.1 Å². The third kappa shape index (κ3) is 1.86. The van der Waals surface area contributed by atoms with E-state index in [2.05, 4.69) is 16.3 Å². The number of rotatable bonds is 1. The Kier molecular flexibility index (Phi) is 2.45. The lowest BCUT2D eigenvalue weighted by atomic mass is 10.1.